The van der Waals surface area contributed by atoms with Crippen LogP contribution in [-0.2, 0) is 17.9 Å². The number of rotatable bonds is 8. The van der Waals surface area contributed by atoms with Crippen molar-refractivity contribution < 1.29 is 9.53 Å². The maximum atomic E-state index is 14.1. The number of aromatic nitrogens is 1. The molecule has 39 heavy (non-hydrogen) atoms. The van der Waals surface area contributed by atoms with Gasteiger partial charge >= 0.3 is 5.97 Å². The van der Waals surface area contributed by atoms with E-state index in [1.807, 2.05) is 128 Å². The fourth-order valence-electron chi connectivity index (χ4n) is 4.61. The molecule has 1 heterocycles. The molecule has 4 nitrogen and oxygen atoms in total. The van der Waals surface area contributed by atoms with Crippen LogP contribution in [0.4, 0.5) is 0 Å². The van der Waals surface area contributed by atoms with Crippen molar-refractivity contribution in [2.24, 2.45) is 0 Å². The summed E-state index contributed by atoms with van der Waals surface area (Å²) < 4.78 is 7.39. The summed E-state index contributed by atoms with van der Waals surface area (Å²) in [4.78, 5) is 27.4. The predicted octanol–water partition coefficient (Wildman–Crippen LogP) is 7.40. The number of benzene rings is 4. The second kappa shape index (κ2) is 12.1. The van der Waals surface area contributed by atoms with E-state index >= 15 is 0 Å². The van der Waals surface area contributed by atoms with Crippen molar-refractivity contribution in [1.82, 2.24) is 4.57 Å². The Bertz CT molecular complexity index is 1650. The number of hydrogen-bond donors (Lipinski definition) is 0. The molecule has 5 aromatic rings. The summed E-state index contributed by atoms with van der Waals surface area (Å²) in [6.45, 7) is 2.57. The molecule has 0 radical (unpaired) electrons. The van der Waals surface area contributed by atoms with E-state index in [2.05, 4.69) is 0 Å². The van der Waals surface area contributed by atoms with Gasteiger partial charge in [0.15, 0.2) is 0 Å². The third kappa shape index (κ3) is 6.13. The molecule has 0 spiro atoms. The first kappa shape index (κ1) is 25.7. The first-order chi connectivity index (χ1) is 19.1. The Kier molecular flexibility index (Phi) is 7.94. The molecule has 0 unspecified atom stereocenters. The number of hydrogen-bond acceptors (Lipinski definition) is 3. The zero-order valence-electron chi connectivity index (χ0n) is 21.8. The van der Waals surface area contributed by atoms with Gasteiger partial charge < -0.3 is 9.30 Å². The highest BCUT2D eigenvalue weighted by Gasteiger charge is 2.21. The summed E-state index contributed by atoms with van der Waals surface area (Å²) in [5.74, 6) is -0.469. The van der Waals surface area contributed by atoms with Gasteiger partial charge in [0.25, 0.3) is 5.56 Å². The van der Waals surface area contributed by atoms with Crippen molar-refractivity contribution in [3.63, 3.8) is 0 Å². The van der Waals surface area contributed by atoms with E-state index in [9.17, 15) is 9.59 Å². The van der Waals surface area contributed by atoms with Gasteiger partial charge in [0.05, 0.1) is 17.7 Å². The van der Waals surface area contributed by atoms with Crippen LogP contribution in [0.5, 0.6) is 0 Å². The lowest BCUT2D eigenvalue weighted by atomic mass is 9.93. The maximum absolute atomic E-state index is 14.1. The summed E-state index contributed by atoms with van der Waals surface area (Å²) in [5.41, 5.74) is 5.87. The van der Waals surface area contributed by atoms with Gasteiger partial charge in [-0.25, -0.2) is 4.79 Å². The largest absolute Gasteiger partial charge is 0.457 e. The average Bonchev–Trinajstić information content (AvgIpc) is 2.98. The standard InChI is InChI=1S/C35H29NO3/c1-26-23-36(24-28-15-7-3-8-16-28)34(37)33(30(26)22-21-27-13-5-2-6-14-27)31-19-11-12-20-32(31)35(38)39-25-29-17-9-4-10-18-29/h2-23H,24-25H2,1H3. The van der Waals surface area contributed by atoms with Gasteiger partial charge in [-0.05, 0) is 40.8 Å². The van der Waals surface area contributed by atoms with E-state index < -0.39 is 5.97 Å². The summed E-state index contributed by atoms with van der Waals surface area (Å²) in [6.07, 6.45) is 5.84. The molecular weight excluding hydrogens is 482 g/mol. The van der Waals surface area contributed by atoms with Crippen LogP contribution in [0.3, 0.4) is 0 Å². The maximum Gasteiger partial charge on any atom is 0.339 e. The van der Waals surface area contributed by atoms with Gasteiger partial charge in [0.2, 0.25) is 0 Å². The van der Waals surface area contributed by atoms with Gasteiger partial charge in [-0.3, -0.25) is 4.79 Å². The van der Waals surface area contributed by atoms with Gasteiger partial charge in [-0.2, -0.15) is 0 Å². The second-order valence-electron chi connectivity index (χ2n) is 9.37. The SMILES string of the molecule is Cc1cn(Cc2ccccc2)c(=O)c(-c2ccccc2C(=O)OCc2ccccc2)c1C=Cc1ccccc1. The van der Waals surface area contributed by atoms with Crippen LogP contribution in [0.1, 0.15) is 38.2 Å². The van der Waals surface area contributed by atoms with Crippen molar-refractivity contribution in [1.29, 1.82) is 0 Å². The smallest absolute Gasteiger partial charge is 0.339 e. The van der Waals surface area contributed by atoms with Crippen LogP contribution in [0.2, 0.25) is 0 Å². The van der Waals surface area contributed by atoms with Crippen LogP contribution in [0.25, 0.3) is 23.3 Å². The Morgan fingerprint density at radius 3 is 2.03 bits per heavy atom. The number of esters is 1. The molecule has 192 valence electrons. The van der Waals surface area contributed by atoms with E-state index in [-0.39, 0.29) is 12.2 Å². The molecule has 1 aromatic heterocycles. The van der Waals surface area contributed by atoms with E-state index in [1.54, 1.807) is 16.7 Å². The number of carbonyl (C=O) groups is 1. The van der Waals surface area contributed by atoms with Crippen LogP contribution in [0.15, 0.2) is 126 Å². The molecule has 0 saturated carbocycles. The first-order valence-electron chi connectivity index (χ1n) is 12.9. The quantitative estimate of drug-likeness (QED) is 0.204. The van der Waals surface area contributed by atoms with Crippen molar-refractivity contribution in [3.05, 3.63) is 165 Å². The Labute approximate surface area is 228 Å². The zero-order chi connectivity index (χ0) is 27.0. The molecule has 0 fully saturated rings. The highest BCUT2D eigenvalue weighted by Crippen LogP contribution is 2.29. The lowest BCUT2D eigenvalue weighted by molar-refractivity contribution is 0.0473. The number of nitrogens with zero attached hydrogens (tertiary/aromatic N) is 1. The third-order valence-electron chi connectivity index (χ3n) is 6.59. The number of ether oxygens (including phenoxy) is 1. The molecule has 0 amide bonds. The minimum absolute atomic E-state index is 0.154. The molecule has 0 saturated heterocycles. The highest BCUT2D eigenvalue weighted by atomic mass is 16.5. The highest BCUT2D eigenvalue weighted by molar-refractivity contribution is 5.99. The van der Waals surface area contributed by atoms with E-state index in [4.69, 9.17) is 4.74 Å². The van der Waals surface area contributed by atoms with Gasteiger partial charge in [0.1, 0.15) is 6.61 Å². The Hall–Kier alpha value is -4.96. The van der Waals surface area contributed by atoms with Gasteiger partial charge in [-0.15, -0.1) is 0 Å². The molecule has 0 atom stereocenters. The molecule has 0 aliphatic heterocycles. The zero-order valence-corrected chi connectivity index (χ0v) is 21.8. The fraction of sp³-hybridized carbons (Fsp3) is 0.0857. The van der Waals surface area contributed by atoms with E-state index in [0.29, 0.717) is 23.2 Å². The second-order valence-corrected chi connectivity index (χ2v) is 9.37. The molecule has 0 bridgehead atoms. The van der Waals surface area contributed by atoms with Crippen LogP contribution >= 0.6 is 0 Å². The molecular formula is C35H29NO3. The van der Waals surface area contributed by atoms with Crippen LogP contribution < -0.4 is 5.56 Å². The van der Waals surface area contributed by atoms with Crippen LogP contribution in [0, 0.1) is 6.92 Å². The molecule has 5 rings (SSSR count). The molecule has 0 aliphatic rings. The van der Waals surface area contributed by atoms with Gasteiger partial charge in [0, 0.05) is 11.8 Å². The molecule has 0 N–H and O–H groups in total. The summed E-state index contributed by atoms with van der Waals surface area (Å²) in [5, 5.41) is 0. The van der Waals surface area contributed by atoms with Crippen LogP contribution in [-0.4, -0.2) is 10.5 Å². The third-order valence-corrected chi connectivity index (χ3v) is 6.59. The van der Waals surface area contributed by atoms with Gasteiger partial charge in [-0.1, -0.05) is 121 Å². The Morgan fingerprint density at radius 1 is 0.744 bits per heavy atom. The molecule has 4 heteroatoms. The number of carbonyl (C=O) groups excluding carboxylic acids is 1. The van der Waals surface area contributed by atoms with E-state index in [1.165, 1.54) is 0 Å². The number of pyridine rings is 1. The summed E-state index contributed by atoms with van der Waals surface area (Å²) in [7, 11) is 0. The number of aryl methyl sites for hydroxylation is 1. The molecule has 4 aromatic carbocycles. The first-order valence-corrected chi connectivity index (χ1v) is 12.9. The van der Waals surface area contributed by atoms with Crippen molar-refractivity contribution >= 4 is 18.1 Å². The van der Waals surface area contributed by atoms with Crippen molar-refractivity contribution in [3.8, 4) is 11.1 Å². The predicted molar refractivity (Wildman–Crippen MR) is 157 cm³/mol. The average molecular weight is 512 g/mol. The Morgan fingerprint density at radius 2 is 1.33 bits per heavy atom. The topological polar surface area (TPSA) is 48.3 Å². The van der Waals surface area contributed by atoms with Crippen molar-refractivity contribution in [2.75, 3.05) is 0 Å². The minimum atomic E-state index is -0.469. The minimum Gasteiger partial charge on any atom is -0.457 e. The lowest BCUT2D eigenvalue weighted by Gasteiger charge is -2.17. The summed E-state index contributed by atoms with van der Waals surface area (Å²) in [6, 6.07) is 36.6. The normalized spacial score (nSPS) is 11.0. The van der Waals surface area contributed by atoms with Crippen molar-refractivity contribution in [2.45, 2.75) is 20.1 Å². The molecule has 0 aliphatic carbocycles. The Balaban J connectivity index is 1.61. The lowest BCUT2D eigenvalue weighted by Crippen LogP contribution is -2.24. The monoisotopic (exact) mass is 511 g/mol. The van der Waals surface area contributed by atoms with E-state index in [0.717, 1.165) is 27.8 Å². The summed E-state index contributed by atoms with van der Waals surface area (Å²) >= 11 is 0. The fourth-order valence-corrected chi connectivity index (χ4v) is 4.61.